The molecule has 156 valence electrons. The lowest BCUT2D eigenvalue weighted by molar-refractivity contribution is -0.120. The van der Waals surface area contributed by atoms with Gasteiger partial charge in [-0.1, -0.05) is 29.8 Å². The van der Waals surface area contributed by atoms with Crippen molar-refractivity contribution in [2.24, 2.45) is 5.73 Å². The molecule has 1 aliphatic rings. The fourth-order valence-electron chi connectivity index (χ4n) is 2.72. The molecule has 2 aromatic carbocycles. The molecule has 3 amide bonds. The van der Waals surface area contributed by atoms with Crippen molar-refractivity contribution in [1.82, 2.24) is 5.43 Å². The lowest BCUT2D eigenvalue weighted by Gasteiger charge is -2.15. The van der Waals surface area contributed by atoms with Gasteiger partial charge < -0.3 is 15.2 Å². The number of nitrogens with zero attached hydrogens (tertiary/aromatic N) is 1. The van der Waals surface area contributed by atoms with Crippen LogP contribution >= 0.6 is 27.5 Å². The van der Waals surface area contributed by atoms with Gasteiger partial charge in [0.1, 0.15) is 10.6 Å². The lowest BCUT2D eigenvalue weighted by atomic mass is 10.1. The summed E-state index contributed by atoms with van der Waals surface area (Å²) in [6.07, 6.45) is 1.40. The molecule has 8 nitrogen and oxygen atoms in total. The predicted molar refractivity (Wildman–Crippen MR) is 115 cm³/mol. The number of ether oxygens (including phenoxy) is 2. The van der Waals surface area contributed by atoms with Gasteiger partial charge in [0.15, 0.2) is 18.1 Å². The minimum Gasteiger partial charge on any atom is -0.490 e. The molecule has 3 N–H and O–H groups in total. The number of hydrazine groups is 1. The van der Waals surface area contributed by atoms with Gasteiger partial charge in [-0.05, 0) is 52.7 Å². The summed E-state index contributed by atoms with van der Waals surface area (Å²) < 4.78 is 11.3. The summed E-state index contributed by atoms with van der Waals surface area (Å²) in [5.74, 6) is -1.38. The van der Waals surface area contributed by atoms with Gasteiger partial charge >= 0.3 is 0 Å². The molecule has 0 aromatic heterocycles. The lowest BCUT2D eigenvalue weighted by Crippen LogP contribution is -2.35. The smallest absolute Gasteiger partial charge is 0.282 e. The van der Waals surface area contributed by atoms with Crippen molar-refractivity contribution in [1.29, 1.82) is 0 Å². The maximum absolute atomic E-state index is 12.8. The first kappa shape index (κ1) is 21.7. The van der Waals surface area contributed by atoms with E-state index in [1.54, 1.807) is 43.3 Å². The number of anilines is 1. The van der Waals surface area contributed by atoms with Crippen LogP contribution in [-0.4, -0.2) is 30.9 Å². The van der Waals surface area contributed by atoms with Crippen molar-refractivity contribution in [3.8, 4) is 11.5 Å². The van der Waals surface area contributed by atoms with E-state index in [2.05, 4.69) is 21.4 Å². The Morgan fingerprint density at radius 2 is 1.97 bits per heavy atom. The third-order valence-electron chi connectivity index (χ3n) is 4.02. The second kappa shape index (κ2) is 9.19. The molecule has 0 unspecified atom stereocenters. The Kier molecular flexibility index (Phi) is 6.63. The Morgan fingerprint density at radius 3 is 2.60 bits per heavy atom. The molecule has 0 saturated carbocycles. The van der Waals surface area contributed by atoms with Gasteiger partial charge in [0.05, 0.1) is 12.3 Å². The molecule has 1 heterocycles. The summed E-state index contributed by atoms with van der Waals surface area (Å²) in [7, 11) is 0. The molecule has 3 rings (SSSR count). The molecular weight excluding hydrogens is 478 g/mol. The van der Waals surface area contributed by atoms with Crippen molar-refractivity contribution in [3.63, 3.8) is 0 Å². The molecule has 0 radical (unpaired) electrons. The van der Waals surface area contributed by atoms with Crippen molar-refractivity contribution < 1.29 is 23.9 Å². The highest BCUT2D eigenvalue weighted by molar-refractivity contribution is 9.10. The van der Waals surface area contributed by atoms with Crippen LogP contribution in [0, 0.1) is 0 Å². The number of carbonyl (C=O) groups excluding carboxylic acids is 3. The minimum absolute atomic E-state index is 0.0797. The van der Waals surface area contributed by atoms with E-state index in [-0.39, 0.29) is 28.7 Å². The average molecular weight is 495 g/mol. The number of carbonyl (C=O) groups is 3. The number of hydrogen-bond acceptors (Lipinski definition) is 5. The first-order chi connectivity index (χ1) is 14.3. The largest absolute Gasteiger partial charge is 0.490 e. The Morgan fingerprint density at radius 1 is 1.27 bits per heavy atom. The van der Waals surface area contributed by atoms with Crippen LogP contribution in [0.25, 0.3) is 6.08 Å². The van der Waals surface area contributed by atoms with Gasteiger partial charge in [-0.25, -0.2) is 5.01 Å². The molecular formula is C20H17BrClN3O5. The Bertz CT molecular complexity index is 1040. The fraction of sp³-hybridized carbons (Fsp3) is 0.150. The summed E-state index contributed by atoms with van der Waals surface area (Å²) in [4.78, 5) is 36.3. The van der Waals surface area contributed by atoms with Crippen molar-refractivity contribution >= 4 is 57.0 Å². The summed E-state index contributed by atoms with van der Waals surface area (Å²) in [5.41, 5.74) is 8.53. The zero-order valence-corrected chi connectivity index (χ0v) is 18.1. The molecule has 1 saturated heterocycles. The molecule has 0 atom stereocenters. The van der Waals surface area contributed by atoms with Gasteiger partial charge in [-0.3, -0.25) is 19.8 Å². The number of halogens is 2. The van der Waals surface area contributed by atoms with Crippen LogP contribution in [0.3, 0.4) is 0 Å². The number of para-hydroxylation sites is 1. The summed E-state index contributed by atoms with van der Waals surface area (Å²) in [5, 5.41) is 1.28. The number of hydrogen-bond donors (Lipinski definition) is 2. The molecule has 0 aliphatic carbocycles. The average Bonchev–Trinajstić information content (AvgIpc) is 3.00. The maximum atomic E-state index is 12.8. The summed E-state index contributed by atoms with van der Waals surface area (Å²) in [6, 6.07) is 10.3. The van der Waals surface area contributed by atoms with Crippen molar-refractivity contribution in [3.05, 3.63) is 57.0 Å². The molecule has 1 fully saturated rings. The zero-order valence-electron chi connectivity index (χ0n) is 15.8. The van der Waals surface area contributed by atoms with Gasteiger partial charge in [0.25, 0.3) is 17.7 Å². The van der Waals surface area contributed by atoms with Crippen LogP contribution in [0.2, 0.25) is 5.02 Å². The van der Waals surface area contributed by atoms with E-state index >= 15 is 0 Å². The van der Waals surface area contributed by atoms with E-state index in [1.807, 2.05) is 0 Å². The van der Waals surface area contributed by atoms with Crippen LogP contribution < -0.4 is 25.6 Å². The molecule has 0 spiro atoms. The van der Waals surface area contributed by atoms with E-state index in [1.165, 1.54) is 6.08 Å². The molecule has 1 aliphatic heterocycles. The third-order valence-corrected chi connectivity index (χ3v) is 5.46. The van der Waals surface area contributed by atoms with Crippen LogP contribution in [0.4, 0.5) is 5.69 Å². The second-order valence-electron chi connectivity index (χ2n) is 6.08. The highest BCUT2D eigenvalue weighted by Crippen LogP contribution is 2.43. The van der Waals surface area contributed by atoms with Crippen LogP contribution in [0.1, 0.15) is 12.5 Å². The fourth-order valence-corrected chi connectivity index (χ4v) is 3.39. The van der Waals surface area contributed by atoms with E-state index in [0.717, 1.165) is 5.01 Å². The normalized spacial score (nSPS) is 14.8. The molecule has 0 bridgehead atoms. The summed E-state index contributed by atoms with van der Waals surface area (Å²) >= 11 is 9.72. The number of primary amides is 1. The van der Waals surface area contributed by atoms with Gasteiger partial charge in [0.2, 0.25) is 0 Å². The van der Waals surface area contributed by atoms with Gasteiger partial charge in [-0.2, -0.15) is 0 Å². The number of rotatable bonds is 7. The van der Waals surface area contributed by atoms with Crippen LogP contribution in [-0.2, 0) is 14.4 Å². The van der Waals surface area contributed by atoms with E-state index in [9.17, 15) is 14.4 Å². The van der Waals surface area contributed by atoms with Crippen LogP contribution in [0.15, 0.2) is 46.4 Å². The van der Waals surface area contributed by atoms with E-state index in [0.29, 0.717) is 22.3 Å². The molecule has 10 heteroatoms. The Hall–Kier alpha value is -3.04. The Labute approximate surface area is 185 Å². The summed E-state index contributed by atoms with van der Waals surface area (Å²) in [6.45, 7) is 1.67. The van der Waals surface area contributed by atoms with Crippen molar-refractivity contribution in [2.75, 3.05) is 18.2 Å². The molecule has 2 aromatic rings. The highest BCUT2D eigenvalue weighted by Gasteiger charge is 2.34. The quantitative estimate of drug-likeness (QED) is 0.454. The highest BCUT2D eigenvalue weighted by atomic mass is 79.9. The predicted octanol–water partition coefficient (Wildman–Crippen LogP) is 2.83. The van der Waals surface area contributed by atoms with Crippen LogP contribution in [0.5, 0.6) is 11.5 Å². The minimum atomic E-state index is -0.676. The number of nitrogens with two attached hydrogens (primary N) is 1. The van der Waals surface area contributed by atoms with Gasteiger partial charge in [-0.15, -0.1) is 0 Å². The zero-order chi connectivity index (χ0) is 21.8. The SMILES string of the molecule is CCOc1cc(C=C2C(=O)NN(c3ccccc3)C2=O)c(Br)c(Cl)c1OCC(N)=O. The number of amides is 3. The number of nitrogens with one attached hydrogen (secondary N) is 1. The first-order valence-corrected chi connectivity index (χ1v) is 9.98. The van der Waals surface area contributed by atoms with E-state index < -0.39 is 17.7 Å². The topological polar surface area (TPSA) is 111 Å². The van der Waals surface area contributed by atoms with Gasteiger partial charge in [0, 0.05) is 4.47 Å². The third kappa shape index (κ3) is 4.42. The maximum Gasteiger partial charge on any atom is 0.282 e. The Balaban J connectivity index is 2.01. The number of benzene rings is 2. The monoisotopic (exact) mass is 493 g/mol. The van der Waals surface area contributed by atoms with E-state index in [4.69, 9.17) is 26.8 Å². The molecule has 30 heavy (non-hydrogen) atoms. The second-order valence-corrected chi connectivity index (χ2v) is 7.26. The first-order valence-electron chi connectivity index (χ1n) is 8.81. The van der Waals surface area contributed by atoms with Crippen molar-refractivity contribution in [2.45, 2.75) is 6.92 Å². The standard InChI is InChI=1S/C20H17BrClN3O5/c1-2-29-14-9-11(16(21)17(22)18(14)30-10-15(23)26)8-13-19(27)24-25(20(13)28)12-6-4-3-5-7-12/h3-9H,2,10H2,1H3,(H2,23,26)(H,24,27).